The molecule has 27 heavy (non-hydrogen) atoms. The van der Waals surface area contributed by atoms with E-state index in [0.717, 1.165) is 34.1 Å². The van der Waals surface area contributed by atoms with Gasteiger partial charge in [0.15, 0.2) is 0 Å². The number of carbonyl (C=O) groups is 2. The molecule has 1 aromatic heterocycles. The van der Waals surface area contributed by atoms with Gasteiger partial charge in [-0.3, -0.25) is 9.59 Å². The molecule has 2 N–H and O–H groups in total. The van der Waals surface area contributed by atoms with Crippen molar-refractivity contribution in [2.75, 3.05) is 18.4 Å². The molecule has 5 heteroatoms. The van der Waals surface area contributed by atoms with Gasteiger partial charge in [0, 0.05) is 36.3 Å². The summed E-state index contributed by atoms with van der Waals surface area (Å²) in [6.07, 6.45) is 3.51. The Morgan fingerprint density at radius 3 is 2.56 bits per heavy atom. The highest BCUT2D eigenvalue weighted by atomic mass is 16.2. The number of para-hydroxylation sites is 2. The third kappa shape index (κ3) is 4.56. The average molecular weight is 363 g/mol. The molecule has 0 aliphatic rings. The van der Waals surface area contributed by atoms with E-state index in [2.05, 4.69) is 16.4 Å². The number of carbonyl (C=O) groups excluding carboxylic acids is 2. The minimum Gasteiger partial charge on any atom is -0.361 e. The van der Waals surface area contributed by atoms with Crippen molar-refractivity contribution in [2.24, 2.45) is 0 Å². The Balaban J connectivity index is 1.63. The third-order valence-electron chi connectivity index (χ3n) is 4.78. The molecular formula is C22H25N3O2. The van der Waals surface area contributed by atoms with Crippen LogP contribution in [0.3, 0.4) is 0 Å². The molecule has 2 amide bonds. The zero-order valence-corrected chi connectivity index (χ0v) is 15.8. The van der Waals surface area contributed by atoms with Crippen molar-refractivity contribution in [3.63, 3.8) is 0 Å². The molecule has 140 valence electrons. The summed E-state index contributed by atoms with van der Waals surface area (Å²) in [5, 5.41) is 4.09. The summed E-state index contributed by atoms with van der Waals surface area (Å²) in [7, 11) is 0. The molecule has 5 nitrogen and oxygen atoms in total. The largest absolute Gasteiger partial charge is 0.361 e. The number of fused-ring (bicyclic) bond motifs is 1. The zero-order valence-electron chi connectivity index (χ0n) is 15.8. The van der Waals surface area contributed by atoms with E-state index < -0.39 is 0 Å². The molecule has 3 rings (SSSR count). The maximum Gasteiger partial charge on any atom is 0.244 e. The van der Waals surface area contributed by atoms with Crippen LogP contribution >= 0.6 is 0 Å². The van der Waals surface area contributed by atoms with Gasteiger partial charge < -0.3 is 15.2 Å². The molecule has 2 aromatic carbocycles. The molecule has 0 atom stereocenters. The Morgan fingerprint density at radius 1 is 1.04 bits per heavy atom. The molecule has 0 saturated heterocycles. The van der Waals surface area contributed by atoms with Gasteiger partial charge in [0.1, 0.15) is 0 Å². The minimum atomic E-state index is -0.176. The van der Waals surface area contributed by atoms with Crippen LogP contribution in [0.15, 0.2) is 54.7 Å². The molecule has 1 heterocycles. The Morgan fingerprint density at radius 2 is 1.78 bits per heavy atom. The lowest BCUT2D eigenvalue weighted by molar-refractivity contribution is -0.132. The van der Waals surface area contributed by atoms with Crippen LogP contribution in [0.5, 0.6) is 0 Å². The quantitative estimate of drug-likeness (QED) is 0.671. The minimum absolute atomic E-state index is 0.0513. The van der Waals surface area contributed by atoms with Gasteiger partial charge in [-0.15, -0.1) is 0 Å². The maximum atomic E-state index is 12.5. The Bertz CT molecular complexity index is 945. The van der Waals surface area contributed by atoms with Gasteiger partial charge in [0.25, 0.3) is 0 Å². The summed E-state index contributed by atoms with van der Waals surface area (Å²) < 4.78 is 0. The smallest absolute Gasteiger partial charge is 0.244 e. The van der Waals surface area contributed by atoms with Crippen molar-refractivity contribution < 1.29 is 9.59 Å². The van der Waals surface area contributed by atoms with Crippen LogP contribution in [-0.4, -0.2) is 34.8 Å². The van der Waals surface area contributed by atoms with Gasteiger partial charge in [-0.25, -0.2) is 0 Å². The van der Waals surface area contributed by atoms with Crippen molar-refractivity contribution >= 4 is 28.4 Å². The van der Waals surface area contributed by atoms with Crippen LogP contribution in [0.1, 0.15) is 25.0 Å². The Hall–Kier alpha value is -3.08. The lowest BCUT2D eigenvalue weighted by Gasteiger charge is -2.21. The number of hydrogen-bond donors (Lipinski definition) is 2. The van der Waals surface area contributed by atoms with Gasteiger partial charge in [-0.2, -0.15) is 0 Å². The number of benzene rings is 2. The SMILES string of the molecule is CCc1ccccc1NC(=O)CN(CCc1c[nH]c2ccccc12)C(C)=O. The average Bonchev–Trinajstić information content (AvgIpc) is 3.08. The molecule has 0 spiro atoms. The van der Waals surface area contributed by atoms with Crippen LogP contribution in [0.2, 0.25) is 0 Å². The van der Waals surface area contributed by atoms with Crippen molar-refractivity contribution in [3.05, 3.63) is 65.9 Å². The highest BCUT2D eigenvalue weighted by Gasteiger charge is 2.15. The first-order chi connectivity index (χ1) is 13.1. The van der Waals surface area contributed by atoms with Crippen LogP contribution in [0.4, 0.5) is 5.69 Å². The first-order valence-corrected chi connectivity index (χ1v) is 9.26. The van der Waals surface area contributed by atoms with E-state index >= 15 is 0 Å². The first-order valence-electron chi connectivity index (χ1n) is 9.26. The van der Waals surface area contributed by atoms with Crippen molar-refractivity contribution in [1.82, 2.24) is 9.88 Å². The normalized spacial score (nSPS) is 10.7. The van der Waals surface area contributed by atoms with Crippen molar-refractivity contribution in [1.29, 1.82) is 0 Å². The van der Waals surface area contributed by atoms with Crippen molar-refractivity contribution in [2.45, 2.75) is 26.7 Å². The fourth-order valence-corrected chi connectivity index (χ4v) is 3.26. The number of nitrogens with zero attached hydrogens (tertiary/aromatic N) is 1. The van der Waals surface area contributed by atoms with Crippen LogP contribution < -0.4 is 5.32 Å². The van der Waals surface area contributed by atoms with Gasteiger partial charge in [-0.05, 0) is 36.1 Å². The lowest BCUT2D eigenvalue weighted by Crippen LogP contribution is -2.38. The van der Waals surface area contributed by atoms with Gasteiger partial charge in [0.2, 0.25) is 11.8 Å². The van der Waals surface area contributed by atoms with E-state index in [1.807, 2.05) is 55.6 Å². The van der Waals surface area contributed by atoms with Gasteiger partial charge in [-0.1, -0.05) is 43.3 Å². The number of rotatable bonds is 7. The second-order valence-corrected chi connectivity index (χ2v) is 6.61. The topological polar surface area (TPSA) is 65.2 Å². The monoisotopic (exact) mass is 363 g/mol. The fraction of sp³-hybridized carbons (Fsp3) is 0.273. The predicted octanol–water partition coefficient (Wildman–Crippen LogP) is 3.76. The summed E-state index contributed by atoms with van der Waals surface area (Å²) in [5.41, 5.74) is 4.12. The van der Waals surface area contributed by atoms with Crippen molar-refractivity contribution in [3.8, 4) is 0 Å². The summed E-state index contributed by atoms with van der Waals surface area (Å²) >= 11 is 0. The molecule has 0 aliphatic heterocycles. The zero-order chi connectivity index (χ0) is 19.2. The van der Waals surface area contributed by atoms with E-state index in [-0.39, 0.29) is 18.4 Å². The number of aromatic nitrogens is 1. The molecule has 0 unspecified atom stereocenters. The number of amides is 2. The standard InChI is InChI=1S/C22H25N3O2/c1-3-17-8-4-6-10-20(17)24-22(27)15-25(16(2)26)13-12-18-14-23-21-11-7-5-9-19(18)21/h4-11,14,23H,3,12-13,15H2,1-2H3,(H,24,27). The predicted molar refractivity (Wildman–Crippen MR) is 109 cm³/mol. The lowest BCUT2D eigenvalue weighted by atomic mass is 10.1. The van der Waals surface area contributed by atoms with E-state index in [4.69, 9.17) is 0 Å². The molecule has 0 bridgehead atoms. The Kier molecular flexibility index (Phi) is 5.91. The van der Waals surface area contributed by atoms with E-state index in [0.29, 0.717) is 13.0 Å². The summed E-state index contributed by atoms with van der Waals surface area (Å²) in [6, 6.07) is 15.8. The van der Waals surface area contributed by atoms with E-state index in [1.54, 1.807) is 4.90 Å². The number of anilines is 1. The van der Waals surface area contributed by atoms with Gasteiger partial charge in [0.05, 0.1) is 6.54 Å². The number of H-pyrrole nitrogens is 1. The Labute approximate surface area is 159 Å². The van der Waals surface area contributed by atoms with Gasteiger partial charge >= 0.3 is 0 Å². The number of aryl methyl sites for hydroxylation is 1. The second kappa shape index (κ2) is 8.54. The van der Waals surface area contributed by atoms with E-state index in [1.165, 1.54) is 6.92 Å². The summed E-state index contributed by atoms with van der Waals surface area (Å²) in [6.45, 7) is 4.10. The highest BCUT2D eigenvalue weighted by Crippen LogP contribution is 2.19. The van der Waals surface area contributed by atoms with Crippen LogP contribution in [0, 0.1) is 0 Å². The number of aromatic amines is 1. The fourth-order valence-electron chi connectivity index (χ4n) is 3.26. The second-order valence-electron chi connectivity index (χ2n) is 6.61. The van der Waals surface area contributed by atoms with E-state index in [9.17, 15) is 9.59 Å². The molecule has 0 fully saturated rings. The first kappa shape index (κ1) is 18.7. The highest BCUT2D eigenvalue weighted by molar-refractivity contribution is 5.95. The molecule has 3 aromatic rings. The molecule has 0 saturated carbocycles. The summed E-state index contributed by atoms with van der Waals surface area (Å²) in [5.74, 6) is -0.279. The molecule has 0 radical (unpaired) electrons. The third-order valence-corrected chi connectivity index (χ3v) is 4.78. The van der Waals surface area contributed by atoms with Crippen LogP contribution in [0.25, 0.3) is 10.9 Å². The number of nitrogens with one attached hydrogen (secondary N) is 2. The van der Waals surface area contributed by atoms with Crippen LogP contribution in [-0.2, 0) is 22.4 Å². The molecular weight excluding hydrogens is 338 g/mol. The molecule has 0 aliphatic carbocycles. The number of hydrogen-bond acceptors (Lipinski definition) is 2. The maximum absolute atomic E-state index is 12.5. The summed E-state index contributed by atoms with van der Waals surface area (Å²) in [4.78, 5) is 29.3.